The highest BCUT2D eigenvalue weighted by atomic mass is 16.5. The molecule has 6 aromatic rings. The smallest absolute Gasteiger partial charge is 0.407 e. The monoisotopic (exact) mass is 796 g/mol. The number of amides is 4. The van der Waals surface area contributed by atoms with Crippen LogP contribution in [-0.2, 0) is 19.1 Å². The first-order valence-corrected chi connectivity index (χ1v) is 20.1. The molecular weight excluding hydrogens is 749 g/mol. The van der Waals surface area contributed by atoms with E-state index in [0.717, 1.165) is 75.7 Å². The summed E-state index contributed by atoms with van der Waals surface area (Å²) in [4.78, 5) is 72.2. The summed E-state index contributed by atoms with van der Waals surface area (Å²) in [5, 5.41) is 7.48. The highest BCUT2D eigenvalue weighted by Crippen LogP contribution is 2.37. The van der Waals surface area contributed by atoms with Crippen molar-refractivity contribution < 1.29 is 28.7 Å². The van der Waals surface area contributed by atoms with Crippen molar-refractivity contribution in [3.05, 3.63) is 108 Å². The molecule has 2 aromatic heterocycles. The molecular formula is C45H48N8O6. The fraction of sp³-hybridized carbons (Fsp3) is 0.333. The molecule has 4 heterocycles. The van der Waals surface area contributed by atoms with Crippen LogP contribution in [0.5, 0.6) is 0 Å². The number of carbonyl (C=O) groups excluding carboxylic acids is 4. The lowest BCUT2D eigenvalue weighted by Crippen LogP contribution is -2.51. The molecule has 2 aliphatic heterocycles. The molecule has 4 N–H and O–H groups in total. The van der Waals surface area contributed by atoms with Crippen LogP contribution in [0.3, 0.4) is 0 Å². The summed E-state index contributed by atoms with van der Waals surface area (Å²) in [5.41, 5.74) is 6.34. The maximum absolute atomic E-state index is 13.9. The Morgan fingerprint density at radius 3 is 2.07 bits per heavy atom. The number of hydrogen-bond donors (Lipinski definition) is 4. The van der Waals surface area contributed by atoms with Gasteiger partial charge in [-0.25, -0.2) is 19.6 Å². The largest absolute Gasteiger partial charge is 0.453 e. The molecule has 0 spiro atoms. The van der Waals surface area contributed by atoms with Crippen LogP contribution in [0.4, 0.5) is 9.59 Å². The van der Waals surface area contributed by atoms with Crippen molar-refractivity contribution in [2.75, 3.05) is 27.3 Å². The van der Waals surface area contributed by atoms with E-state index >= 15 is 0 Å². The molecule has 2 fully saturated rings. The number of imidazole rings is 2. The van der Waals surface area contributed by atoms with Gasteiger partial charge in [-0.3, -0.25) is 9.59 Å². The van der Waals surface area contributed by atoms with Crippen molar-refractivity contribution in [2.24, 2.45) is 5.92 Å². The zero-order valence-corrected chi connectivity index (χ0v) is 33.5. The number of ether oxygens (including phenoxy) is 2. The summed E-state index contributed by atoms with van der Waals surface area (Å²) in [6.07, 6.45) is 3.68. The maximum atomic E-state index is 13.9. The highest BCUT2D eigenvalue weighted by molar-refractivity contribution is 6.05. The van der Waals surface area contributed by atoms with E-state index in [0.29, 0.717) is 24.5 Å². The lowest BCUT2D eigenvalue weighted by atomic mass is 9.99. The molecule has 0 unspecified atom stereocenters. The Bertz CT molecular complexity index is 2500. The first kappa shape index (κ1) is 39.1. The van der Waals surface area contributed by atoms with Gasteiger partial charge in [-0.2, -0.15) is 0 Å². The summed E-state index contributed by atoms with van der Waals surface area (Å²) in [6, 6.07) is 25.9. The van der Waals surface area contributed by atoms with Gasteiger partial charge in [-0.05, 0) is 71.4 Å². The van der Waals surface area contributed by atoms with Crippen molar-refractivity contribution in [3.8, 4) is 22.4 Å². The quantitative estimate of drug-likeness (QED) is 0.110. The van der Waals surface area contributed by atoms with Crippen LogP contribution >= 0.6 is 0 Å². The van der Waals surface area contributed by atoms with Gasteiger partial charge < -0.3 is 39.9 Å². The molecule has 2 saturated heterocycles. The van der Waals surface area contributed by atoms with Gasteiger partial charge in [0.15, 0.2) is 0 Å². The highest BCUT2D eigenvalue weighted by Gasteiger charge is 2.39. The average molecular weight is 797 g/mol. The Balaban J connectivity index is 0.983. The van der Waals surface area contributed by atoms with Gasteiger partial charge >= 0.3 is 12.2 Å². The third-order valence-corrected chi connectivity index (χ3v) is 11.5. The lowest BCUT2D eigenvalue weighted by Gasteiger charge is -2.29. The van der Waals surface area contributed by atoms with Gasteiger partial charge in [0.25, 0.3) is 5.91 Å². The summed E-state index contributed by atoms with van der Waals surface area (Å²) >= 11 is 0. The van der Waals surface area contributed by atoms with Crippen LogP contribution in [0.2, 0.25) is 0 Å². The van der Waals surface area contributed by atoms with E-state index in [1.165, 1.54) is 14.2 Å². The molecule has 4 atom stereocenters. The zero-order chi connectivity index (χ0) is 41.2. The van der Waals surface area contributed by atoms with E-state index in [1.807, 2.05) is 55.1 Å². The van der Waals surface area contributed by atoms with E-state index < -0.39 is 24.3 Å². The number of aromatic nitrogens is 4. The minimum Gasteiger partial charge on any atom is -0.453 e. The number of aromatic amines is 2. The zero-order valence-electron chi connectivity index (χ0n) is 33.5. The van der Waals surface area contributed by atoms with Crippen LogP contribution in [-0.4, -0.2) is 87.1 Å². The first-order chi connectivity index (χ1) is 28.6. The molecule has 2 aliphatic rings. The SMILES string of the molecule is COC(=O)N[C@H](C(=O)N1CCC[C@H]1c1nc2c(ccc3cc(-c4ccc(-c5cnc([C@@H]6CCCN6C(=O)[C@H](NC(=O)OC)c6ccccc6)[nH]5)cc4)ccc32)[nH]1)C(C)C. The molecule has 59 heavy (non-hydrogen) atoms. The van der Waals surface area contributed by atoms with Crippen molar-refractivity contribution in [2.45, 2.75) is 63.7 Å². The first-order valence-electron chi connectivity index (χ1n) is 20.1. The number of fused-ring (bicyclic) bond motifs is 3. The van der Waals surface area contributed by atoms with Gasteiger partial charge in [0.1, 0.15) is 23.7 Å². The second-order valence-corrected chi connectivity index (χ2v) is 15.5. The summed E-state index contributed by atoms with van der Waals surface area (Å²) in [7, 11) is 2.57. The second-order valence-electron chi connectivity index (χ2n) is 15.5. The molecule has 4 aromatic carbocycles. The second kappa shape index (κ2) is 16.6. The van der Waals surface area contributed by atoms with Gasteiger partial charge in [0.2, 0.25) is 5.91 Å². The maximum Gasteiger partial charge on any atom is 0.407 e. The Hall–Kier alpha value is -6.70. The molecule has 4 amide bonds. The van der Waals surface area contributed by atoms with Gasteiger partial charge in [0.05, 0.1) is 49.2 Å². The number of H-pyrrole nitrogens is 2. The molecule has 0 bridgehead atoms. The van der Waals surface area contributed by atoms with Crippen molar-refractivity contribution >= 4 is 45.8 Å². The number of nitrogens with zero attached hydrogens (tertiary/aromatic N) is 4. The van der Waals surface area contributed by atoms with Crippen molar-refractivity contribution in [1.29, 1.82) is 0 Å². The van der Waals surface area contributed by atoms with Crippen LogP contribution in [0.15, 0.2) is 91.1 Å². The predicted octanol–water partition coefficient (Wildman–Crippen LogP) is 7.58. The van der Waals surface area contributed by atoms with E-state index in [1.54, 1.807) is 11.1 Å². The van der Waals surface area contributed by atoms with Gasteiger partial charge in [0, 0.05) is 18.5 Å². The molecule has 304 valence electrons. The van der Waals surface area contributed by atoms with E-state index in [9.17, 15) is 19.2 Å². The van der Waals surface area contributed by atoms with Crippen LogP contribution < -0.4 is 10.6 Å². The minimum atomic E-state index is -0.883. The Morgan fingerprint density at radius 1 is 0.729 bits per heavy atom. The number of methoxy groups -OCH3 is 2. The Kier molecular flexibility index (Phi) is 11.0. The average Bonchev–Trinajstić information content (AvgIpc) is 4.10. The Morgan fingerprint density at radius 2 is 1.37 bits per heavy atom. The normalized spacial score (nSPS) is 17.6. The van der Waals surface area contributed by atoms with Crippen LogP contribution in [0.25, 0.3) is 44.2 Å². The summed E-state index contributed by atoms with van der Waals surface area (Å²) in [6.45, 7) is 4.95. The molecule has 0 aliphatic carbocycles. The third kappa shape index (κ3) is 7.82. The topological polar surface area (TPSA) is 175 Å². The van der Waals surface area contributed by atoms with Gasteiger partial charge in [-0.15, -0.1) is 0 Å². The minimum absolute atomic E-state index is 0.114. The third-order valence-electron chi connectivity index (χ3n) is 11.5. The molecule has 14 nitrogen and oxygen atoms in total. The standard InChI is InChI=1S/C45H48N8O6/c1-26(2)37(50-44(56)58-3)42(54)53-23-9-13-36(53)41-47-33-21-19-31-24-30(18-20-32(31)39(33)49-41)27-14-16-28(17-15-27)34-25-46-40(48-34)35-12-8-22-52(35)43(55)38(51-45(57)59-4)29-10-6-5-7-11-29/h5-7,10-11,14-21,24-26,35-38H,8-9,12-13,22-23H2,1-4H3,(H,46,48)(H,47,49)(H,50,56)(H,51,57)/t35-,36-,37-,38+/m0/s1. The fourth-order valence-corrected chi connectivity index (χ4v) is 8.44. The number of hydrogen-bond acceptors (Lipinski definition) is 8. The van der Waals surface area contributed by atoms with E-state index in [4.69, 9.17) is 19.4 Å². The number of carbonyl (C=O) groups is 4. The molecule has 0 radical (unpaired) electrons. The number of nitrogens with one attached hydrogen (secondary N) is 4. The van der Waals surface area contributed by atoms with Gasteiger partial charge in [-0.1, -0.05) is 86.6 Å². The number of alkyl carbamates (subject to hydrolysis) is 2. The number of rotatable bonds is 10. The van der Waals surface area contributed by atoms with Crippen LogP contribution in [0.1, 0.15) is 74.9 Å². The van der Waals surface area contributed by atoms with Crippen molar-refractivity contribution in [1.82, 2.24) is 40.4 Å². The van der Waals surface area contributed by atoms with Crippen LogP contribution in [0, 0.1) is 5.92 Å². The van der Waals surface area contributed by atoms with Crippen molar-refractivity contribution in [3.63, 3.8) is 0 Å². The van der Waals surface area contributed by atoms with E-state index in [-0.39, 0.29) is 29.8 Å². The summed E-state index contributed by atoms with van der Waals surface area (Å²) < 4.78 is 9.62. The molecule has 0 saturated carbocycles. The number of likely N-dealkylation sites (tertiary alicyclic amines) is 2. The summed E-state index contributed by atoms with van der Waals surface area (Å²) in [5.74, 6) is 0.966. The number of benzene rings is 4. The Labute approximate surface area is 341 Å². The fourth-order valence-electron chi connectivity index (χ4n) is 8.44. The molecule has 8 rings (SSSR count). The van der Waals surface area contributed by atoms with E-state index in [2.05, 4.69) is 69.1 Å². The predicted molar refractivity (Wildman–Crippen MR) is 223 cm³/mol. The molecule has 14 heteroatoms. The lowest BCUT2D eigenvalue weighted by molar-refractivity contribution is -0.135.